The normalized spacial score (nSPS) is 18.8. The van der Waals surface area contributed by atoms with E-state index in [1.165, 1.54) is 12.8 Å². The lowest BCUT2D eigenvalue weighted by Gasteiger charge is -2.23. The molecule has 2 rings (SSSR count). The van der Waals surface area contributed by atoms with E-state index >= 15 is 0 Å². The standard InChI is InChI=1S/C15H20N2OS/c1-2-19-15-7-3-6-14(13(15)9-16)18-11-12-5-4-8-17-10-12/h3,6-7,12,17H,2,4-5,8,10-11H2,1H3. The summed E-state index contributed by atoms with van der Waals surface area (Å²) in [6.45, 7) is 4.92. The molecule has 1 aliphatic heterocycles. The van der Waals surface area contributed by atoms with E-state index in [2.05, 4.69) is 18.3 Å². The Morgan fingerprint density at radius 3 is 3.11 bits per heavy atom. The van der Waals surface area contributed by atoms with E-state index in [1.807, 2.05) is 18.2 Å². The Balaban J connectivity index is 2.02. The molecule has 0 spiro atoms. The molecule has 0 aromatic heterocycles. The third-order valence-electron chi connectivity index (χ3n) is 3.27. The first-order valence-electron chi connectivity index (χ1n) is 6.84. The van der Waals surface area contributed by atoms with E-state index in [0.29, 0.717) is 18.1 Å². The highest BCUT2D eigenvalue weighted by molar-refractivity contribution is 7.99. The fourth-order valence-corrected chi connectivity index (χ4v) is 3.07. The fourth-order valence-electron chi connectivity index (χ4n) is 2.29. The lowest BCUT2D eigenvalue weighted by atomic mass is 10.0. The van der Waals surface area contributed by atoms with Crippen LogP contribution in [-0.4, -0.2) is 25.4 Å². The Hall–Kier alpha value is -1.18. The highest BCUT2D eigenvalue weighted by Gasteiger charge is 2.15. The predicted octanol–water partition coefficient (Wildman–Crippen LogP) is 3.05. The van der Waals surface area contributed by atoms with Crippen LogP contribution in [0.4, 0.5) is 0 Å². The summed E-state index contributed by atoms with van der Waals surface area (Å²) >= 11 is 1.69. The molecule has 1 heterocycles. The van der Waals surface area contributed by atoms with Crippen molar-refractivity contribution in [3.8, 4) is 11.8 Å². The number of ether oxygens (including phenoxy) is 1. The molecule has 102 valence electrons. The van der Waals surface area contributed by atoms with Gasteiger partial charge >= 0.3 is 0 Å². The van der Waals surface area contributed by atoms with Crippen LogP contribution >= 0.6 is 11.8 Å². The minimum Gasteiger partial charge on any atom is -0.492 e. The van der Waals surface area contributed by atoms with Crippen molar-refractivity contribution in [2.45, 2.75) is 24.7 Å². The molecule has 0 bridgehead atoms. The summed E-state index contributed by atoms with van der Waals surface area (Å²) in [7, 11) is 0. The molecule has 1 atom stereocenters. The van der Waals surface area contributed by atoms with E-state index in [0.717, 1.165) is 29.5 Å². The van der Waals surface area contributed by atoms with E-state index in [4.69, 9.17) is 4.74 Å². The van der Waals surface area contributed by atoms with Crippen LogP contribution in [0, 0.1) is 17.2 Å². The molecule has 3 nitrogen and oxygen atoms in total. The number of nitriles is 1. The van der Waals surface area contributed by atoms with Gasteiger partial charge in [-0.05, 0) is 37.3 Å². The zero-order valence-electron chi connectivity index (χ0n) is 11.3. The minimum absolute atomic E-state index is 0.558. The van der Waals surface area contributed by atoms with Crippen LogP contribution in [-0.2, 0) is 0 Å². The third kappa shape index (κ3) is 3.89. The molecule has 0 radical (unpaired) electrons. The number of nitrogens with zero attached hydrogens (tertiary/aromatic N) is 1. The van der Waals surface area contributed by atoms with Gasteiger partial charge in [-0.25, -0.2) is 0 Å². The number of benzene rings is 1. The molecule has 4 heteroatoms. The second-order valence-corrected chi connectivity index (χ2v) is 6.00. The van der Waals surface area contributed by atoms with Gasteiger partial charge in [0.25, 0.3) is 0 Å². The number of piperidine rings is 1. The van der Waals surface area contributed by atoms with Crippen LogP contribution in [0.2, 0.25) is 0 Å². The third-order valence-corrected chi connectivity index (χ3v) is 4.21. The lowest BCUT2D eigenvalue weighted by molar-refractivity contribution is 0.217. The van der Waals surface area contributed by atoms with Crippen molar-refractivity contribution in [1.82, 2.24) is 5.32 Å². The first-order chi connectivity index (χ1) is 9.35. The molecule has 0 aliphatic carbocycles. The predicted molar refractivity (Wildman–Crippen MR) is 78.6 cm³/mol. The highest BCUT2D eigenvalue weighted by Crippen LogP contribution is 2.29. The molecular weight excluding hydrogens is 256 g/mol. The largest absolute Gasteiger partial charge is 0.492 e. The van der Waals surface area contributed by atoms with Crippen molar-refractivity contribution < 1.29 is 4.74 Å². The number of thioether (sulfide) groups is 1. The van der Waals surface area contributed by atoms with E-state index in [9.17, 15) is 5.26 Å². The van der Waals surface area contributed by atoms with Gasteiger partial charge in [0.1, 0.15) is 17.4 Å². The van der Waals surface area contributed by atoms with E-state index in [-0.39, 0.29) is 0 Å². The highest BCUT2D eigenvalue weighted by atomic mass is 32.2. The summed E-state index contributed by atoms with van der Waals surface area (Å²) in [6.07, 6.45) is 2.42. The van der Waals surface area contributed by atoms with Gasteiger partial charge in [-0.2, -0.15) is 5.26 Å². The molecule has 19 heavy (non-hydrogen) atoms. The van der Waals surface area contributed by atoms with Gasteiger partial charge in [0.2, 0.25) is 0 Å². The second-order valence-electron chi connectivity index (χ2n) is 4.70. The van der Waals surface area contributed by atoms with Crippen LogP contribution in [0.5, 0.6) is 5.75 Å². The fraction of sp³-hybridized carbons (Fsp3) is 0.533. The average molecular weight is 276 g/mol. The molecule has 1 saturated heterocycles. The molecule has 1 aliphatic rings. The first-order valence-corrected chi connectivity index (χ1v) is 7.83. The average Bonchev–Trinajstić information content (AvgIpc) is 2.46. The summed E-state index contributed by atoms with van der Waals surface area (Å²) in [5.41, 5.74) is 0.679. The van der Waals surface area contributed by atoms with Gasteiger partial charge in [-0.1, -0.05) is 13.0 Å². The van der Waals surface area contributed by atoms with Crippen molar-refractivity contribution in [2.24, 2.45) is 5.92 Å². The van der Waals surface area contributed by atoms with Crippen molar-refractivity contribution in [1.29, 1.82) is 5.26 Å². The summed E-state index contributed by atoms with van der Waals surface area (Å²) in [6, 6.07) is 8.13. The first kappa shape index (κ1) is 14.2. The van der Waals surface area contributed by atoms with Crippen LogP contribution in [0.25, 0.3) is 0 Å². The Morgan fingerprint density at radius 1 is 1.53 bits per heavy atom. The van der Waals surface area contributed by atoms with E-state index in [1.54, 1.807) is 11.8 Å². The van der Waals surface area contributed by atoms with Gasteiger partial charge in [-0.15, -0.1) is 11.8 Å². The Bertz CT molecular complexity index is 450. The van der Waals surface area contributed by atoms with Crippen molar-refractivity contribution in [2.75, 3.05) is 25.4 Å². The molecule has 0 saturated carbocycles. The summed E-state index contributed by atoms with van der Waals surface area (Å²) in [5, 5.41) is 12.7. The summed E-state index contributed by atoms with van der Waals surface area (Å²) in [5.74, 6) is 2.25. The number of rotatable bonds is 5. The van der Waals surface area contributed by atoms with Crippen molar-refractivity contribution in [3.05, 3.63) is 23.8 Å². The van der Waals surface area contributed by atoms with Crippen LogP contribution < -0.4 is 10.1 Å². The van der Waals surface area contributed by atoms with Crippen LogP contribution in [0.3, 0.4) is 0 Å². The zero-order valence-corrected chi connectivity index (χ0v) is 12.1. The summed E-state index contributed by atoms with van der Waals surface area (Å²) in [4.78, 5) is 1.02. The quantitative estimate of drug-likeness (QED) is 0.840. The number of hydrogen-bond donors (Lipinski definition) is 1. The molecular formula is C15H20N2OS. The van der Waals surface area contributed by atoms with Gasteiger partial charge in [0, 0.05) is 17.4 Å². The molecule has 1 N–H and O–H groups in total. The Labute approximate surface area is 119 Å². The number of nitrogens with one attached hydrogen (secondary N) is 1. The molecule has 1 fully saturated rings. The van der Waals surface area contributed by atoms with Crippen LogP contribution in [0.15, 0.2) is 23.1 Å². The van der Waals surface area contributed by atoms with Crippen LogP contribution in [0.1, 0.15) is 25.3 Å². The minimum atomic E-state index is 0.558. The molecule has 1 aromatic carbocycles. The smallest absolute Gasteiger partial charge is 0.138 e. The SMILES string of the molecule is CCSc1cccc(OCC2CCCNC2)c1C#N. The zero-order chi connectivity index (χ0) is 13.5. The Kier molecular flexibility index (Phi) is 5.56. The van der Waals surface area contributed by atoms with Gasteiger partial charge in [-0.3, -0.25) is 0 Å². The van der Waals surface area contributed by atoms with E-state index < -0.39 is 0 Å². The van der Waals surface area contributed by atoms with Gasteiger partial charge < -0.3 is 10.1 Å². The summed E-state index contributed by atoms with van der Waals surface area (Å²) < 4.78 is 5.88. The Morgan fingerprint density at radius 2 is 2.42 bits per heavy atom. The van der Waals surface area contributed by atoms with Gasteiger partial charge in [0.15, 0.2) is 0 Å². The molecule has 1 aromatic rings. The maximum atomic E-state index is 9.31. The van der Waals surface area contributed by atoms with Crippen molar-refractivity contribution in [3.63, 3.8) is 0 Å². The molecule has 0 amide bonds. The lowest BCUT2D eigenvalue weighted by Crippen LogP contribution is -2.33. The second kappa shape index (κ2) is 7.42. The monoisotopic (exact) mass is 276 g/mol. The number of hydrogen-bond acceptors (Lipinski definition) is 4. The topological polar surface area (TPSA) is 45.0 Å². The van der Waals surface area contributed by atoms with Crippen molar-refractivity contribution >= 4 is 11.8 Å². The van der Waals surface area contributed by atoms with Gasteiger partial charge in [0.05, 0.1) is 6.61 Å². The maximum absolute atomic E-state index is 9.31. The molecule has 1 unspecified atom stereocenters. The maximum Gasteiger partial charge on any atom is 0.138 e.